The number of halogens is 1. The van der Waals surface area contributed by atoms with Crippen LogP contribution in [0.2, 0.25) is 0 Å². The van der Waals surface area contributed by atoms with E-state index in [2.05, 4.69) is 15.6 Å². The van der Waals surface area contributed by atoms with Crippen LogP contribution >= 0.6 is 0 Å². The first-order chi connectivity index (χ1) is 11.7. The minimum atomic E-state index is -0.261. The molecule has 1 heterocycles. The fourth-order valence-corrected chi connectivity index (χ4v) is 2.14. The Morgan fingerprint density at radius 3 is 2.62 bits per heavy atom. The summed E-state index contributed by atoms with van der Waals surface area (Å²) in [4.78, 5) is 16.2. The zero-order valence-corrected chi connectivity index (χ0v) is 13.7. The summed E-state index contributed by atoms with van der Waals surface area (Å²) < 4.78 is 17.8. The molecule has 1 aromatic carbocycles. The molecular weight excluding hydrogens is 309 g/mol. The zero-order valence-electron chi connectivity index (χ0n) is 13.7. The monoisotopic (exact) mass is 331 g/mol. The standard InChI is InChI=1S/C18H22FN3O2/c1-24-12-2-10-20-16-7-8-17(22-13-16)18(23)21-11-9-14-3-5-15(19)6-4-14/h3-8,13,20H,2,9-12H2,1H3,(H,21,23). The highest BCUT2D eigenvalue weighted by Crippen LogP contribution is 2.07. The van der Waals surface area contributed by atoms with Crippen LogP contribution in [0.25, 0.3) is 0 Å². The number of hydrogen-bond donors (Lipinski definition) is 2. The molecule has 24 heavy (non-hydrogen) atoms. The van der Waals surface area contributed by atoms with E-state index >= 15 is 0 Å². The summed E-state index contributed by atoms with van der Waals surface area (Å²) in [5.41, 5.74) is 2.21. The van der Waals surface area contributed by atoms with E-state index in [9.17, 15) is 9.18 Å². The van der Waals surface area contributed by atoms with Crippen LogP contribution in [0.1, 0.15) is 22.5 Å². The second-order valence-electron chi connectivity index (χ2n) is 5.34. The predicted molar refractivity (Wildman–Crippen MR) is 91.7 cm³/mol. The lowest BCUT2D eigenvalue weighted by atomic mass is 10.1. The lowest BCUT2D eigenvalue weighted by Gasteiger charge is -2.07. The molecule has 6 heteroatoms. The van der Waals surface area contributed by atoms with Gasteiger partial charge in [-0.2, -0.15) is 0 Å². The number of hydrogen-bond acceptors (Lipinski definition) is 4. The van der Waals surface area contributed by atoms with Crippen LogP contribution in [0, 0.1) is 5.82 Å². The number of amides is 1. The van der Waals surface area contributed by atoms with Gasteiger partial charge >= 0.3 is 0 Å². The molecule has 0 fully saturated rings. The largest absolute Gasteiger partial charge is 0.385 e. The van der Waals surface area contributed by atoms with Crippen molar-refractivity contribution in [2.24, 2.45) is 0 Å². The number of nitrogens with zero attached hydrogens (tertiary/aromatic N) is 1. The Kier molecular flexibility index (Phi) is 7.17. The van der Waals surface area contributed by atoms with Gasteiger partial charge in [0.15, 0.2) is 0 Å². The Bertz CT molecular complexity index is 630. The number of nitrogens with one attached hydrogen (secondary N) is 2. The number of carbonyl (C=O) groups excluding carboxylic acids is 1. The van der Waals surface area contributed by atoms with Crippen molar-refractivity contribution in [3.63, 3.8) is 0 Å². The highest BCUT2D eigenvalue weighted by atomic mass is 19.1. The summed E-state index contributed by atoms with van der Waals surface area (Å²) in [6.45, 7) is 1.97. The molecular formula is C18H22FN3O2. The van der Waals surface area contributed by atoms with Crippen molar-refractivity contribution in [1.82, 2.24) is 10.3 Å². The molecule has 5 nitrogen and oxygen atoms in total. The Labute approximate surface area is 141 Å². The van der Waals surface area contributed by atoms with Crippen LogP contribution in [-0.2, 0) is 11.2 Å². The smallest absolute Gasteiger partial charge is 0.269 e. The molecule has 0 aliphatic heterocycles. The van der Waals surface area contributed by atoms with E-state index in [1.54, 1.807) is 31.5 Å². The van der Waals surface area contributed by atoms with Crippen molar-refractivity contribution < 1.29 is 13.9 Å². The van der Waals surface area contributed by atoms with Gasteiger partial charge in [0.1, 0.15) is 11.5 Å². The third kappa shape index (κ3) is 5.96. The van der Waals surface area contributed by atoms with E-state index in [0.29, 0.717) is 25.3 Å². The van der Waals surface area contributed by atoms with Gasteiger partial charge < -0.3 is 15.4 Å². The average Bonchev–Trinajstić information content (AvgIpc) is 2.61. The summed E-state index contributed by atoms with van der Waals surface area (Å²) in [7, 11) is 1.67. The summed E-state index contributed by atoms with van der Waals surface area (Å²) >= 11 is 0. The van der Waals surface area contributed by atoms with E-state index in [4.69, 9.17) is 4.74 Å². The number of rotatable bonds is 9. The molecule has 2 N–H and O–H groups in total. The Morgan fingerprint density at radius 2 is 1.96 bits per heavy atom. The molecule has 0 saturated heterocycles. The summed E-state index contributed by atoms with van der Waals surface area (Å²) in [6, 6.07) is 9.77. The van der Waals surface area contributed by atoms with Crippen LogP contribution in [0.3, 0.4) is 0 Å². The van der Waals surface area contributed by atoms with Crippen molar-refractivity contribution in [2.45, 2.75) is 12.8 Å². The maximum absolute atomic E-state index is 12.8. The maximum Gasteiger partial charge on any atom is 0.269 e. The molecule has 2 aromatic rings. The van der Waals surface area contributed by atoms with Gasteiger partial charge in [-0.05, 0) is 42.7 Å². The molecule has 0 bridgehead atoms. The topological polar surface area (TPSA) is 63.2 Å². The molecule has 0 radical (unpaired) electrons. The Balaban J connectivity index is 1.74. The van der Waals surface area contributed by atoms with Gasteiger partial charge in [0, 0.05) is 26.8 Å². The number of methoxy groups -OCH3 is 1. The van der Waals surface area contributed by atoms with Gasteiger partial charge in [-0.1, -0.05) is 12.1 Å². The van der Waals surface area contributed by atoms with Crippen molar-refractivity contribution in [3.05, 3.63) is 59.7 Å². The molecule has 0 aliphatic rings. The third-order valence-electron chi connectivity index (χ3n) is 3.46. The lowest BCUT2D eigenvalue weighted by molar-refractivity contribution is 0.0949. The molecule has 0 unspecified atom stereocenters. The third-order valence-corrected chi connectivity index (χ3v) is 3.46. The second kappa shape index (κ2) is 9.62. The number of pyridine rings is 1. The van der Waals surface area contributed by atoms with E-state index < -0.39 is 0 Å². The minimum Gasteiger partial charge on any atom is -0.385 e. The fourth-order valence-electron chi connectivity index (χ4n) is 2.14. The molecule has 0 spiro atoms. The molecule has 1 aromatic heterocycles. The van der Waals surface area contributed by atoms with E-state index in [1.807, 2.05) is 6.07 Å². The van der Waals surface area contributed by atoms with Crippen LogP contribution in [0.4, 0.5) is 10.1 Å². The molecule has 128 valence electrons. The SMILES string of the molecule is COCCCNc1ccc(C(=O)NCCc2ccc(F)cc2)nc1. The first-order valence-corrected chi connectivity index (χ1v) is 7.90. The second-order valence-corrected chi connectivity index (χ2v) is 5.34. The van der Waals surface area contributed by atoms with E-state index in [1.165, 1.54) is 12.1 Å². The Morgan fingerprint density at radius 1 is 1.17 bits per heavy atom. The van der Waals surface area contributed by atoms with Crippen molar-refractivity contribution in [2.75, 3.05) is 32.1 Å². The van der Waals surface area contributed by atoms with Gasteiger partial charge in [0.25, 0.3) is 5.91 Å². The summed E-state index contributed by atoms with van der Waals surface area (Å²) in [5.74, 6) is -0.481. The van der Waals surface area contributed by atoms with Gasteiger partial charge in [0.2, 0.25) is 0 Å². The van der Waals surface area contributed by atoms with Crippen LogP contribution in [0.15, 0.2) is 42.6 Å². The van der Waals surface area contributed by atoms with Crippen molar-refractivity contribution >= 4 is 11.6 Å². The number of benzene rings is 1. The molecule has 0 atom stereocenters. The van der Waals surface area contributed by atoms with Crippen LogP contribution < -0.4 is 10.6 Å². The predicted octanol–water partition coefficient (Wildman–Crippen LogP) is 2.64. The maximum atomic E-state index is 12.8. The van der Waals surface area contributed by atoms with Gasteiger partial charge in [-0.15, -0.1) is 0 Å². The number of carbonyl (C=O) groups is 1. The van der Waals surface area contributed by atoms with Crippen molar-refractivity contribution in [1.29, 1.82) is 0 Å². The highest BCUT2D eigenvalue weighted by molar-refractivity contribution is 5.92. The quantitative estimate of drug-likeness (QED) is 0.694. The minimum absolute atomic E-state index is 0.219. The average molecular weight is 331 g/mol. The number of ether oxygens (including phenoxy) is 1. The highest BCUT2D eigenvalue weighted by Gasteiger charge is 2.06. The Hall–Kier alpha value is -2.47. The van der Waals surface area contributed by atoms with Gasteiger partial charge in [0.05, 0.1) is 11.9 Å². The van der Waals surface area contributed by atoms with E-state index in [-0.39, 0.29) is 11.7 Å². The molecule has 0 saturated carbocycles. The number of anilines is 1. The zero-order chi connectivity index (χ0) is 17.2. The van der Waals surface area contributed by atoms with Crippen LogP contribution in [0.5, 0.6) is 0 Å². The molecule has 1 amide bonds. The first kappa shape index (κ1) is 17.9. The fraction of sp³-hybridized carbons (Fsp3) is 0.333. The summed E-state index contributed by atoms with van der Waals surface area (Å²) in [5, 5.41) is 6.02. The summed E-state index contributed by atoms with van der Waals surface area (Å²) in [6.07, 6.45) is 3.19. The lowest BCUT2D eigenvalue weighted by Crippen LogP contribution is -2.26. The number of aromatic nitrogens is 1. The van der Waals surface area contributed by atoms with Crippen molar-refractivity contribution in [3.8, 4) is 0 Å². The van der Waals surface area contributed by atoms with Gasteiger partial charge in [-0.25, -0.2) is 9.37 Å². The van der Waals surface area contributed by atoms with Crippen LogP contribution in [-0.4, -0.2) is 37.7 Å². The van der Waals surface area contributed by atoms with E-state index in [0.717, 1.165) is 24.2 Å². The molecule has 2 rings (SSSR count). The first-order valence-electron chi connectivity index (χ1n) is 7.90. The van der Waals surface area contributed by atoms with Gasteiger partial charge in [-0.3, -0.25) is 4.79 Å². The normalized spacial score (nSPS) is 10.4. The molecule has 0 aliphatic carbocycles.